The molecule has 0 aliphatic carbocycles. The molecule has 0 spiro atoms. The van der Waals surface area contributed by atoms with Crippen LogP contribution in [0, 0.1) is 0 Å². The number of nitrogens with zero attached hydrogens (tertiary/aromatic N) is 2. The molecule has 0 radical (unpaired) electrons. The van der Waals surface area contributed by atoms with Gasteiger partial charge in [-0.15, -0.1) is 0 Å². The molecule has 0 saturated carbocycles. The first-order chi connectivity index (χ1) is 6.92. The summed E-state index contributed by atoms with van der Waals surface area (Å²) in [7, 11) is 0. The lowest BCUT2D eigenvalue weighted by molar-refractivity contribution is 0.578. The topological polar surface area (TPSA) is 64.9 Å². The first-order valence-electron chi connectivity index (χ1n) is 4.43. The lowest BCUT2D eigenvalue weighted by atomic mass is 10.1. The molecule has 0 aromatic carbocycles. The average Bonchev–Trinajstić information content (AvgIpc) is 2.68. The van der Waals surface area contributed by atoms with Gasteiger partial charge in [0, 0.05) is 12.4 Å². The summed E-state index contributed by atoms with van der Waals surface area (Å²) in [5.74, 6) is 0.816. The highest BCUT2D eigenvalue weighted by Crippen LogP contribution is 2.23. The van der Waals surface area contributed by atoms with Crippen molar-refractivity contribution in [2.45, 2.75) is 6.42 Å². The fraction of sp³-hybridized carbons (Fsp3) is 0.200. The molecule has 4 heteroatoms. The van der Waals surface area contributed by atoms with Crippen LogP contribution in [0.5, 0.6) is 0 Å². The summed E-state index contributed by atoms with van der Waals surface area (Å²) in [4.78, 5) is 7.88. The molecule has 72 valence electrons. The van der Waals surface area contributed by atoms with Gasteiger partial charge in [0.15, 0.2) is 0 Å². The maximum Gasteiger partial charge on any atom is 0.140 e. The average molecular weight is 189 g/mol. The van der Waals surface area contributed by atoms with E-state index >= 15 is 0 Å². The Morgan fingerprint density at radius 3 is 2.79 bits per heavy atom. The van der Waals surface area contributed by atoms with Crippen molar-refractivity contribution in [3.05, 3.63) is 36.6 Å². The molecule has 4 nitrogen and oxygen atoms in total. The molecule has 2 rings (SSSR count). The van der Waals surface area contributed by atoms with Gasteiger partial charge in [-0.25, -0.2) is 9.97 Å². The van der Waals surface area contributed by atoms with Crippen LogP contribution >= 0.6 is 0 Å². The Bertz CT molecular complexity index is 397. The van der Waals surface area contributed by atoms with Crippen LogP contribution in [0.1, 0.15) is 5.56 Å². The number of furan rings is 1. The van der Waals surface area contributed by atoms with Crippen molar-refractivity contribution >= 4 is 0 Å². The Morgan fingerprint density at radius 2 is 2.07 bits per heavy atom. The van der Waals surface area contributed by atoms with Crippen molar-refractivity contribution in [1.82, 2.24) is 9.97 Å². The number of hydrogen-bond donors (Lipinski definition) is 1. The summed E-state index contributed by atoms with van der Waals surface area (Å²) in [6, 6.07) is 1.93. The fourth-order valence-corrected chi connectivity index (χ4v) is 1.36. The van der Waals surface area contributed by atoms with Crippen molar-refractivity contribution < 1.29 is 4.42 Å². The summed E-state index contributed by atoms with van der Waals surface area (Å²) >= 11 is 0. The zero-order chi connectivity index (χ0) is 9.80. The molecular formula is C10H11N3O. The maximum atomic E-state index is 5.49. The van der Waals surface area contributed by atoms with Gasteiger partial charge in [0.2, 0.25) is 0 Å². The third-order valence-electron chi connectivity index (χ3n) is 1.98. The molecule has 0 atom stereocenters. The molecule has 0 aliphatic rings. The van der Waals surface area contributed by atoms with Gasteiger partial charge in [0.1, 0.15) is 12.1 Å². The molecule has 2 aromatic rings. The second-order valence-corrected chi connectivity index (χ2v) is 2.94. The first-order valence-corrected chi connectivity index (χ1v) is 4.43. The lowest BCUT2D eigenvalue weighted by Gasteiger charge is -1.99. The van der Waals surface area contributed by atoms with E-state index < -0.39 is 0 Å². The predicted molar refractivity (Wildman–Crippen MR) is 52.5 cm³/mol. The smallest absolute Gasteiger partial charge is 0.140 e. The van der Waals surface area contributed by atoms with Crippen molar-refractivity contribution in [1.29, 1.82) is 0 Å². The monoisotopic (exact) mass is 189 g/mol. The lowest BCUT2D eigenvalue weighted by Crippen LogP contribution is -2.02. The summed E-state index contributed by atoms with van der Waals surface area (Å²) in [6.45, 7) is 0.611. The van der Waals surface area contributed by atoms with Crippen LogP contribution in [0.15, 0.2) is 35.5 Å². The first kappa shape index (κ1) is 8.90. The molecule has 0 aliphatic heterocycles. The van der Waals surface area contributed by atoms with Gasteiger partial charge in [0.25, 0.3) is 0 Å². The quantitative estimate of drug-likeness (QED) is 0.788. The summed E-state index contributed by atoms with van der Waals surface area (Å²) in [6.07, 6.45) is 7.42. The minimum Gasteiger partial charge on any atom is -0.464 e. The second kappa shape index (κ2) is 4.02. The van der Waals surface area contributed by atoms with Gasteiger partial charge < -0.3 is 10.2 Å². The fourth-order valence-electron chi connectivity index (χ4n) is 1.36. The van der Waals surface area contributed by atoms with E-state index in [-0.39, 0.29) is 0 Å². The number of aromatic nitrogens is 2. The summed E-state index contributed by atoms with van der Waals surface area (Å²) < 4.78 is 5.37. The van der Waals surface area contributed by atoms with E-state index in [1.807, 2.05) is 6.07 Å². The van der Waals surface area contributed by atoms with Crippen LogP contribution in [0.25, 0.3) is 11.3 Å². The van der Waals surface area contributed by atoms with Crippen LogP contribution in [0.4, 0.5) is 0 Å². The van der Waals surface area contributed by atoms with E-state index in [0.29, 0.717) is 6.54 Å². The minimum absolute atomic E-state index is 0.611. The third-order valence-corrected chi connectivity index (χ3v) is 1.98. The summed E-state index contributed by atoms with van der Waals surface area (Å²) in [5, 5.41) is 0. The highest BCUT2D eigenvalue weighted by molar-refractivity contribution is 5.59. The van der Waals surface area contributed by atoms with E-state index in [1.54, 1.807) is 18.7 Å². The maximum absolute atomic E-state index is 5.49. The highest BCUT2D eigenvalue weighted by Gasteiger charge is 2.07. The number of nitrogens with two attached hydrogens (primary N) is 1. The van der Waals surface area contributed by atoms with E-state index in [0.717, 1.165) is 23.3 Å². The third kappa shape index (κ3) is 1.65. The van der Waals surface area contributed by atoms with Crippen LogP contribution in [-0.4, -0.2) is 16.5 Å². The predicted octanol–water partition coefficient (Wildman–Crippen LogP) is 1.24. The Kier molecular flexibility index (Phi) is 2.55. The number of hydrogen-bond acceptors (Lipinski definition) is 4. The Morgan fingerprint density at radius 1 is 1.29 bits per heavy atom. The van der Waals surface area contributed by atoms with Gasteiger partial charge >= 0.3 is 0 Å². The van der Waals surface area contributed by atoms with Crippen molar-refractivity contribution in [3.63, 3.8) is 0 Å². The van der Waals surface area contributed by atoms with E-state index in [4.69, 9.17) is 10.2 Å². The van der Waals surface area contributed by atoms with Crippen LogP contribution in [0.2, 0.25) is 0 Å². The Balaban J connectivity index is 2.37. The molecule has 0 fully saturated rings. The van der Waals surface area contributed by atoms with E-state index in [9.17, 15) is 0 Å². The largest absolute Gasteiger partial charge is 0.464 e. The zero-order valence-corrected chi connectivity index (χ0v) is 7.68. The van der Waals surface area contributed by atoms with Gasteiger partial charge in [-0.2, -0.15) is 0 Å². The molecule has 0 unspecified atom stereocenters. The standard InChI is InChI=1S/C10H11N3O/c11-3-1-8-2-4-14-10(8)9-5-12-7-13-6-9/h2,4-7H,1,3,11H2. The van der Waals surface area contributed by atoms with Crippen LogP contribution in [0.3, 0.4) is 0 Å². The molecule has 2 aromatic heterocycles. The van der Waals surface area contributed by atoms with Gasteiger partial charge in [-0.1, -0.05) is 0 Å². The van der Waals surface area contributed by atoms with Crippen molar-refractivity contribution in [3.8, 4) is 11.3 Å². The van der Waals surface area contributed by atoms with Crippen molar-refractivity contribution in [2.24, 2.45) is 5.73 Å². The highest BCUT2D eigenvalue weighted by atomic mass is 16.3. The molecule has 2 N–H and O–H groups in total. The van der Waals surface area contributed by atoms with Crippen molar-refractivity contribution in [2.75, 3.05) is 6.54 Å². The Labute approximate surface area is 81.8 Å². The van der Waals surface area contributed by atoms with E-state index in [2.05, 4.69) is 9.97 Å². The molecular weight excluding hydrogens is 178 g/mol. The van der Waals surface area contributed by atoms with Crippen LogP contribution < -0.4 is 5.73 Å². The minimum atomic E-state index is 0.611. The Hall–Kier alpha value is -1.68. The second-order valence-electron chi connectivity index (χ2n) is 2.94. The van der Waals surface area contributed by atoms with Gasteiger partial charge in [-0.3, -0.25) is 0 Å². The van der Waals surface area contributed by atoms with Gasteiger partial charge in [0.05, 0.1) is 11.8 Å². The van der Waals surface area contributed by atoms with E-state index in [1.165, 1.54) is 6.33 Å². The van der Waals surface area contributed by atoms with Crippen LogP contribution in [-0.2, 0) is 6.42 Å². The normalized spacial score (nSPS) is 10.4. The zero-order valence-electron chi connectivity index (χ0n) is 7.68. The molecule has 0 bridgehead atoms. The molecule has 2 heterocycles. The number of rotatable bonds is 3. The molecule has 14 heavy (non-hydrogen) atoms. The summed E-state index contributed by atoms with van der Waals surface area (Å²) in [5.41, 5.74) is 7.48. The SMILES string of the molecule is NCCc1ccoc1-c1cncnc1. The van der Waals surface area contributed by atoms with Gasteiger partial charge in [-0.05, 0) is 24.6 Å². The molecule has 0 saturated heterocycles. The molecule has 0 amide bonds.